The van der Waals surface area contributed by atoms with Gasteiger partial charge in [0.05, 0.1) is 16.7 Å². The smallest absolute Gasteiger partial charge is 0.335 e. The van der Waals surface area contributed by atoms with Crippen molar-refractivity contribution in [1.82, 2.24) is 0 Å². The van der Waals surface area contributed by atoms with E-state index in [1.165, 1.54) is 12.1 Å². The maximum absolute atomic E-state index is 12.5. The summed E-state index contributed by atoms with van der Waals surface area (Å²) in [6, 6.07) is 4.85. The van der Waals surface area contributed by atoms with E-state index < -0.39 is 23.3 Å². The van der Waals surface area contributed by atoms with Crippen LogP contribution in [0.4, 0.5) is 0 Å². The van der Waals surface area contributed by atoms with E-state index in [2.05, 4.69) is 0 Å². The number of ketones is 2. The van der Waals surface area contributed by atoms with E-state index >= 15 is 0 Å². The first kappa shape index (κ1) is 13.8. The second kappa shape index (κ2) is 4.42. The van der Waals surface area contributed by atoms with Crippen LogP contribution in [0.1, 0.15) is 47.8 Å². The highest BCUT2D eigenvalue weighted by Crippen LogP contribution is 2.38. The number of carbonyl (C=O) groups is 3. The maximum Gasteiger partial charge on any atom is 0.335 e. The Bertz CT molecular complexity index is 879. The Morgan fingerprint density at radius 2 is 1.64 bits per heavy atom. The first-order valence-corrected chi connectivity index (χ1v) is 6.35. The monoisotopic (exact) mass is 298 g/mol. The SMILES string of the molecule is Cc1ccc2c(c1O)C(=O)c1c(O)cc(C(=O)O)cc1C2=O. The predicted octanol–water partition coefficient (Wildman–Crippen LogP) is 1.88. The van der Waals surface area contributed by atoms with Crippen molar-refractivity contribution in [3.05, 3.63) is 57.6 Å². The quantitative estimate of drug-likeness (QED) is 0.632. The molecule has 0 saturated heterocycles. The molecule has 0 unspecified atom stereocenters. The molecule has 0 saturated carbocycles. The number of hydrogen-bond acceptors (Lipinski definition) is 5. The summed E-state index contributed by atoms with van der Waals surface area (Å²) in [4.78, 5) is 36.0. The lowest BCUT2D eigenvalue weighted by molar-refractivity contribution is 0.0695. The summed E-state index contributed by atoms with van der Waals surface area (Å²) in [6.45, 7) is 1.58. The molecule has 0 fully saturated rings. The zero-order valence-electron chi connectivity index (χ0n) is 11.4. The summed E-state index contributed by atoms with van der Waals surface area (Å²) in [5.74, 6) is -3.56. The summed E-state index contributed by atoms with van der Waals surface area (Å²) in [7, 11) is 0. The second-order valence-corrected chi connectivity index (χ2v) is 5.03. The lowest BCUT2D eigenvalue weighted by atomic mass is 9.81. The van der Waals surface area contributed by atoms with Crippen molar-refractivity contribution >= 4 is 17.5 Å². The summed E-state index contributed by atoms with van der Waals surface area (Å²) >= 11 is 0. The van der Waals surface area contributed by atoms with Crippen LogP contribution in [0.3, 0.4) is 0 Å². The molecule has 0 amide bonds. The van der Waals surface area contributed by atoms with Gasteiger partial charge in [-0.3, -0.25) is 9.59 Å². The molecule has 0 spiro atoms. The number of fused-ring (bicyclic) bond motifs is 2. The molecule has 1 aliphatic rings. The highest BCUT2D eigenvalue weighted by Gasteiger charge is 2.35. The molecule has 0 aromatic heterocycles. The fraction of sp³-hybridized carbons (Fsp3) is 0.0625. The van der Waals surface area contributed by atoms with Crippen LogP contribution in [0, 0.1) is 6.92 Å². The van der Waals surface area contributed by atoms with Crippen molar-refractivity contribution < 1.29 is 29.7 Å². The Morgan fingerprint density at radius 3 is 2.27 bits per heavy atom. The minimum Gasteiger partial charge on any atom is -0.507 e. The van der Waals surface area contributed by atoms with Gasteiger partial charge in [-0.1, -0.05) is 6.07 Å². The zero-order chi connectivity index (χ0) is 16.2. The van der Waals surface area contributed by atoms with Crippen LogP contribution in [0.25, 0.3) is 0 Å². The number of hydrogen-bond donors (Lipinski definition) is 3. The minimum absolute atomic E-state index is 0.0115. The molecule has 3 N–H and O–H groups in total. The molecular formula is C16H10O6. The van der Waals surface area contributed by atoms with E-state index in [-0.39, 0.29) is 33.6 Å². The van der Waals surface area contributed by atoms with Gasteiger partial charge in [-0.2, -0.15) is 0 Å². The van der Waals surface area contributed by atoms with Crippen molar-refractivity contribution in [2.24, 2.45) is 0 Å². The Labute approximate surface area is 124 Å². The first-order chi connectivity index (χ1) is 10.3. The van der Waals surface area contributed by atoms with Gasteiger partial charge < -0.3 is 15.3 Å². The molecule has 0 aliphatic heterocycles. The molecule has 2 aromatic carbocycles. The third-order valence-electron chi connectivity index (χ3n) is 3.69. The summed E-state index contributed by atoms with van der Waals surface area (Å²) in [5, 5.41) is 29.0. The van der Waals surface area contributed by atoms with Crippen molar-refractivity contribution in [1.29, 1.82) is 0 Å². The predicted molar refractivity (Wildman–Crippen MR) is 74.8 cm³/mol. The Morgan fingerprint density at radius 1 is 0.955 bits per heavy atom. The number of carboxylic acids is 1. The maximum atomic E-state index is 12.5. The molecule has 6 nitrogen and oxygen atoms in total. The standard InChI is InChI=1S/C16H10O6/c1-6-2-3-8-12(13(6)18)15(20)11-9(14(8)19)4-7(16(21)22)5-10(11)17/h2-5,17-18H,1H3,(H,21,22). The fourth-order valence-electron chi connectivity index (χ4n) is 2.55. The number of aromatic hydroxyl groups is 2. The summed E-state index contributed by atoms with van der Waals surface area (Å²) < 4.78 is 0. The molecule has 0 bridgehead atoms. The summed E-state index contributed by atoms with van der Waals surface area (Å²) in [6.07, 6.45) is 0. The van der Waals surface area contributed by atoms with Crippen molar-refractivity contribution in [2.75, 3.05) is 0 Å². The highest BCUT2D eigenvalue weighted by atomic mass is 16.4. The molecule has 3 rings (SSSR count). The van der Waals surface area contributed by atoms with Crippen LogP contribution in [0.5, 0.6) is 11.5 Å². The van der Waals surface area contributed by atoms with E-state index in [1.807, 2.05) is 0 Å². The van der Waals surface area contributed by atoms with Gasteiger partial charge in [0.25, 0.3) is 0 Å². The van der Waals surface area contributed by atoms with Gasteiger partial charge in [-0.25, -0.2) is 4.79 Å². The third-order valence-corrected chi connectivity index (χ3v) is 3.69. The second-order valence-electron chi connectivity index (χ2n) is 5.03. The zero-order valence-corrected chi connectivity index (χ0v) is 11.4. The van der Waals surface area contributed by atoms with E-state index in [4.69, 9.17) is 5.11 Å². The Kier molecular flexibility index (Phi) is 2.78. The number of aryl methyl sites for hydroxylation is 1. The number of benzene rings is 2. The van der Waals surface area contributed by atoms with Gasteiger partial charge in [0.15, 0.2) is 5.78 Å². The lowest BCUT2D eigenvalue weighted by Crippen LogP contribution is -2.22. The average Bonchev–Trinajstić information content (AvgIpc) is 2.46. The lowest BCUT2D eigenvalue weighted by Gasteiger charge is -2.20. The van der Waals surface area contributed by atoms with E-state index in [9.17, 15) is 24.6 Å². The molecule has 2 aromatic rings. The van der Waals surface area contributed by atoms with Crippen molar-refractivity contribution in [2.45, 2.75) is 6.92 Å². The molecule has 0 radical (unpaired) electrons. The fourth-order valence-corrected chi connectivity index (χ4v) is 2.55. The van der Waals surface area contributed by atoms with Crippen LogP contribution in [0.15, 0.2) is 24.3 Å². The largest absolute Gasteiger partial charge is 0.507 e. The van der Waals surface area contributed by atoms with E-state index in [1.54, 1.807) is 6.92 Å². The molecule has 1 aliphatic carbocycles. The summed E-state index contributed by atoms with van der Waals surface area (Å²) in [5.41, 5.74) is -0.526. The number of phenolic OH excluding ortho intramolecular Hbond substituents is 2. The van der Waals surface area contributed by atoms with Gasteiger partial charge in [0, 0.05) is 11.1 Å². The third kappa shape index (κ3) is 1.70. The van der Waals surface area contributed by atoms with Gasteiger partial charge in [0.1, 0.15) is 11.5 Å². The normalized spacial score (nSPS) is 12.8. The topological polar surface area (TPSA) is 112 Å². The molecule has 0 atom stereocenters. The van der Waals surface area contributed by atoms with E-state index in [0.29, 0.717) is 5.56 Å². The first-order valence-electron chi connectivity index (χ1n) is 6.35. The number of aromatic carboxylic acids is 1. The van der Waals surface area contributed by atoms with E-state index in [0.717, 1.165) is 12.1 Å². The van der Waals surface area contributed by atoms with Crippen LogP contribution in [-0.2, 0) is 0 Å². The molecule has 22 heavy (non-hydrogen) atoms. The van der Waals surface area contributed by atoms with Gasteiger partial charge >= 0.3 is 5.97 Å². The number of carbonyl (C=O) groups excluding carboxylic acids is 2. The average molecular weight is 298 g/mol. The molecule has 110 valence electrons. The van der Waals surface area contributed by atoms with Crippen molar-refractivity contribution in [3.8, 4) is 11.5 Å². The highest BCUT2D eigenvalue weighted by molar-refractivity contribution is 6.30. The molecule has 6 heteroatoms. The minimum atomic E-state index is -1.32. The molecular weight excluding hydrogens is 288 g/mol. The van der Waals surface area contributed by atoms with Gasteiger partial charge in [-0.15, -0.1) is 0 Å². The Hall–Kier alpha value is -3.15. The van der Waals surface area contributed by atoms with Gasteiger partial charge in [-0.05, 0) is 30.7 Å². The van der Waals surface area contributed by atoms with Crippen LogP contribution < -0.4 is 0 Å². The van der Waals surface area contributed by atoms with Crippen LogP contribution in [-0.4, -0.2) is 32.9 Å². The number of phenols is 2. The number of rotatable bonds is 1. The Balaban J connectivity index is 2.36. The molecule has 0 heterocycles. The van der Waals surface area contributed by atoms with Gasteiger partial charge in [0.2, 0.25) is 5.78 Å². The van der Waals surface area contributed by atoms with Crippen LogP contribution in [0.2, 0.25) is 0 Å². The van der Waals surface area contributed by atoms with Crippen LogP contribution >= 0.6 is 0 Å². The van der Waals surface area contributed by atoms with Crippen molar-refractivity contribution in [3.63, 3.8) is 0 Å². The number of carboxylic acid groups (broad SMARTS) is 1.